The highest BCUT2D eigenvalue weighted by Gasteiger charge is 2.21. The van der Waals surface area contributed by atoms with Gasteiger partial charge >= 0.3 is 5.97 Å². The fraction of sp³-hybridized carbons (Fsp3) is 0.412. The topological polar surface area (TPSA) is 61.6 Å². The van der Waals surface area contributed by atoms with E-state index >= 15 is 0 Å². The summed E-state index contributed by atoms with van der Waals surface area (Å²) in [6.07, 6.45) is 4.33. The first-order valence-electron chi connectivity index (χ1n) is 7.53. The molecule has 2 aromatic rings. The van der Waals surface area contributed by atoms with Gasteiger partial charge in [-0.25, -0.2) is 9.78 Å². The van der Waals surface area contributed by atoms with Crippen molar-refractivity contribution >= 4 is 5.97 Å². The number of hydrogen-bond acceptors (Lipinski definition) is 5. The van der Waals surface area contributed by atoms with Crippen LogP contribution in [0.5, 0.6) is 0 Å². The third kappa shape index (κ3) is 3.36. The number of oxazole rings is 1. The van der Waals surface area contributed by atoms with E-state index in [1.54, 1.807) is 0 Å². The van der Waals surface area contributed by atoms with Crippen LogP contribution in [0, 0.1) is 6.92 Å². The van der Waals surface area contributed by atoms with E-state index in [1.165, 1.54) is 6.39 Å². The van der Waals surface area contributed by atoms with Gasteiger partial charge in [0.15, 0.2) is 17.8 Å². The number of nitrogens with zero attached hydrogens (tertiary/aromatic N) is 1. The Morgan fingerprint density at radius 2 is 2.18 bits per heavy atom. The maximum atomic E-state index is 12.2. The Hall–Kier alpha value is -2.14. The first kappa shape index (κ1) is 14.8. The number of carbonyl (C=O) groups excluding carboxylic acids is 1. The van der Waals surface area contributed by atoms with Crippen LogP contribution in [-0.4, -0.2) is 30.3 Å². The lowest BCUT2D eigenvalue weighted by Gasteiger charge is -2.09. The van der Waals surface area contributed by atoms with Crippen molar-refractivity contribution in [3.05, 3.63) is 41.9 Å². The van der Waals surface area contributed by atoms with Crippen LogP contribution in [0.25, 0.3) is 11.3 Å². The molecule has 2 heterocycles. The number of benzene rings is 1. The molecule has 1 aromatic carbocycles. The van der Waals surface area contributed by atoms with Crippen LogP contribution in [0.4, 0.5) is 0 Å². The monoisotopic (exact) mass is 301 g/mol. The molecule has 0 amide bonds. The molecule has 1 aromatic heterocycles. The molecule has 1 fully saturated rings. The summed E-state index contributed by atoms with van der Waals surface area (Å²) in [6, 6.07) is 7.73. The lowest BCUT2D eigenvalue weighted by Crippen LogP contribution is -2.13. The maximum Gasteiger partial charge on any atom is 0.360 e. The molecule has 0 bridgehead atoms. The second-order valence-electron chi connectivity index (χ2n) is 5.46. The number of rotatable bonds is 5. The van der Waals surface area contributed by atoms with Gasteiger partial charge in [-0.05, 0) is 19.8 Å². The summed E-state index contributed by atoms with van der Waals surface area (Å²) in [5.41, 5.74) is 2.18. The van der Waals surface area contributed by atoms with Crippen molar-refractivity contribution in [2.24, 2.45) is 0 Å². The number of carbonyl (C=O) groups is 1. The van der Waals surface area contributed by atoms with Crippen molar-refractivity contribution in [3.63, 3.8) is 0 Å². The Morgan fingerprint density at radius 1 is 1.36 bits per heavy atom. The number of aromatic nitrogens is 1. The van der Waals surface area contributed by atoms with E-state index < -0.39 is 5.97 Å². The largest absolute Gasteiger partial charge is 0.461 e. The first-order valence-corrected chi connectivity index (χ1v) is 7.53. The summed E-state index contributed by atoms with van der Waals surface area (Å²) in [6.45, 7) is 3.15. The summed E-state index contributed by atoms with van der Waals surface area (Å²) in [7, 11) is 0. The van der Waals surface area contributed by atoms with Gasteiger partial charge in [0.05, 0.1) is 12.7 Å². The SMILES string of the molecule is Cc1ccc(-c2ocnc2C(=O)OCCC2CCCO2)cc1. The van der Waals surface area contributed by atoms with Crippen molar-refractivity contribution in [2.45, 2.75) is 32.3 Å². The van der Waals surface area contributed by atoms with Gasteiger partial charge in [0.2, 0.25) is 0 Å². The second-order valence-corrected chi connectivity index (χ2v) is 5.46. The number of esters is 1. The maximum absolute atomic E-state index is 12.2. The molecule has 1 aliphatic heterocycles. The van der Waals surface area contributed by atoms with Crippen LogP contribution < -0.4 is 0 Å². The molecule has 1 unspecified atom stereocenters. The van der Waals surface area contributed by atoms with Gasteiger partial charge in [0.1, 0.15) is 0 Å². The first-order chi connectivity index (χ1) is 10.7. The van der Waals surface area contributed by atoms with Crippen LogP contribution in [0.15, 0.2) is 35.1 Å². The van der Waals surface area contributed by atoms with Gasteiger partial charge in [-0.3, -0.25) is 0 Å². The third-order valence-corrected chi connectivity index (χ3v) is 3.77. The van der Waals surface area contributed by atoms with E-state index in [9.17, 15) is 4.79 Å². The molecule has 5 heteroatoms. The summed E-state index contributed by atoms with van der Waals surface area (Å²) >= 11 is 0. The average Bonchev–Trinajstić information content (AvgIpc) is 3.19. The molecular weight excluding hydrogens is 282 g/mol. The molecule has 5 nitrogen and oxygen atoms in total. The smallest absolute Gasteiger partial charge is 0.360 e. The molecular formula is C17H19NO4. The highest BCUT2D eigenvalue weighted by molar-refractivity contribution is 5.93. The van der Waals surface area contributed by atoms with Crippen molar-refractivity contribution in [2.75, 3.05) is 13.2 Å². The minimum Gasteiger partial charge on any atom is -0.461 e. The molecule has 0 saturated carbocycles. The van der Waals surface area contributed by atoms with E-state index in [1.807, 2.05) is 31.2 Å². The van der Waals surface area contributed by atoms with Crippen molar-refractivity contribution in [1.82, 2.24) is 4.98 Å². The van der Waals surface area contributed by atoms with Crippen LogP contribution in [-0.2, 0) is 9.47 Å². The highest BCUT2D eigenvalue weighted by Crippen LogP contribution is 2.24. The van der Waals surface area contributed by atoms with Crippen molar-refractivity contribution in [3.8, 4) is 11.3 Å². The summed E-state index contributed by atoms with van der Waals surface area (Å²) < 4.78 is 16.2. The quantitative estimate of drug-likeness (QED) is 0.792. The van der Waals surface area contributed by atoms with Crippen LogP contribution in [0.2, 0.25) is 0 Å². The molecule has 0 radical (unpaired) electrons. The molecule has 1 atom stereocenters. The number of aryl methyl sites for hydroxylation is 1. The second kappa shape index (κ2) is 6.75. The van der Waals surface area contributed by atoms with E-state index in [4.69, 9.17) is 13.9 Å². The Labute approximate surface area is 129 Å². The standard InChI is InChI=1S/C17H19NO4/c1-12-4-6-13(7-5-12)16-15(18-11-22-16)17(19)21-10-8-14-3-2-9-20-14/h4-7,11,14H,2-3,8-10H2,1H3. The Morgan fingerprint density at radius 3 is 2.91 bits per heavy atom. The van der Waals surface area contributed by atoms with Gasteiger partial charge in [0.25, 0.3) is 0 Å². The van der Waals surface area contributed by atoms with E-state index in [-0.39, 0.29) is 11.8 Å². The predicted molar refractivity (Wildman–Crippen MR) is 80.5 cm³/mol. The molecule has 0 N–H and O–H groups in total. The van der Waals surface area contributed by atoms with Crippen LogP contribution >= 0.6 is 0 Å². The number of hydrogen-bond donors (Lipinski definition) is 0. The molecule has 116 valence electrons. The third-order valence-electron chi connectivity index (χ3n) is 3.77. The van der Waals surface area contributed by atoms with Gasteiger partial charge in [-0.2, -0.15) is 0 Å². The van der Waals surface area contributed by atoms with E-state index in [0.717, 1.165) is 37.0 Å². The zero-order valence-electron chi connectivity index (χ0n) is 12.6. The fourth-order valence-electron chi connectivity index (χ4n) is 2.52. The zero-order chi connectivity index (χ0) is 15.4. The molecule has 1 aliphatic rings. The predicted octanol–water partition coefficient (Wildman–Crippen LogP) is 3.38. The normalized spacial score (nSPS) is 17.6. The Bertz CT molecular complexity index is 626. The van der Waals surface area contributed by atoms with Gasteiger partial charge in [-0.15, -0.1) is 0 Å². The van der Waals surface area contributed by atoms with Crippen LogP contribution in [0.3, 0.4) is 0 Å². The average molecular weight is 301 g/mol. The minimum absolute atomic E-state index is 0.210. The molecule has 0 aliphatic carbocycles. The zero-order valence-corrected chi connectivity index (χ0v) is 12.6. The van der Waals surface area contributed by atoms with E-state index in [2.05, 4.69) is 4.98 Å². The molecule has 3 rings (SSSR count). The highest BCUT2D eigenvalue weighted by atomic mass is 16.5. The lowest BCUT2D eigenvalue weighted by molar-refractivity contribution is 0.0381. The summed E-state index contributed by atoms with van der Waals surface area (Å²) in [5.74, 6) is -0.00978. The Balaban J connectivity index is 1.63. The fourth-order valence-corrected chi connectivity index (χ4v) is 2.52. The van der Waals surface area contributed by atoms with Gasteiger partial charge in [-0.1, -0.05) is 29.8 Å². The van der Waals surface area contributed by atoms with Crippen molar-refractivity contribution in [1.29, 1.82) is 0 Å². The lowest BCUT2D eigenvalue weighted by atomic mass is 10.1. The number of ether oxygens (including phenoxy) is 2. The van der Waals surface area contributed by atoms with E-state index in [0.29, 0.717) is 12.4 Å². The van der Waals surface area contributed by atoms with Crippen molar-refractivity contribution < 1.29 is 18.7 Å². The van der Waals surface area contributed by atoms with Gasteiger partial charge in [0, 0.05) is 18.6 Å². The van der Waals surface area contributed by atoms with Gasteiger partial charge < -0.3 is 13.9 Å². The van der Waals surface area contributed by atoms with Crippen LogP contribution in [0.1, 0.15) is 35.3 Å². The molecule has 22 heavy (non-hydrogen) atoms. The Kier molecular flexibility index (Phi) is 4.53. The summed E-state index contributed by atoms with van der Waals surface area (Å²) in [4.78, 5) is 16.1. The minimum atomic E-state index is -0.456. The summed E-state index contributed by atoms with van der Waals surface area (Å²) in [5, 5.41) is 0. The molecule has 1 saturated heterocycles. The molecule has 0 spiro atoms.